The standard InChI is InChI=1S/C18H28N2O/c1-6-20(13-19-5)15(4)18(21)17-10-8-7-9-16(11-12-17)14(2)3/h9-15H,6-8H2,1-5H3/b12-11-,16-9?,17-10+,19-13-. The summed E-state index contributed by atoms with van der Waals surface area (Å²) in [5.74, 6) is 0.658. The van der Waals surface area contributed by atoms with Crippen molar-refractivity contribution in [3.8, 4) is 0 Å². The number of carbonyl (C=O) groups is 1. The van der Waals surface area contributed by atoms with Gasteiger partial charge < -0.3 is 4.90 Å². The fraction of sp³-hybridized carbons (Fsp3) is 0.556. The molecule has 1 aliphatic carbocycles. The van der Waals surface area contributed by atoms with Gasteiger partial charge >= 0.3 is 0 Å². The van der Waals surface area contributed by atoms with Crippen molar-refractivity contribution in [2.75, 3.05) is 13.6 Å². The third kappa shape index (κ3) is 5.00. The second-order valence-corrected chi connectivity index (χ2v) is 5.67. The maximum Gasteiger partial charge on any atom is 0.184 e. The summed E-state index contributed by atoms with van der Waals surface area (Å²) in [4.78, 5) is 18.7. The number of hydrogen-bond acceptors (Lipinski definition) is 2. The van der Waals surface area contributed by atoms with Gasteiger partial charge in [-0.25, -0.2) is 0 Å². The molecule has 3 nitrogen and oxygen atoms in total. The van der Waals surface area contributed by atoms with Crippen molar-refractivity contribution in [2.24, 2.45) is 10.9 Å². The van der Waals surface area contributed by atoms with Gasteiger partial charge in [-0.05, 0) is 38.2 Å². The summed E-state index contributed by atoms with van der Waals surface area (Å²) in [6.45, 7) is 9.12. The molecule has 0 aliphatic heterocycles. The molecule has 0 amide bonds. The highest BCUT2D eigenvalue weighted by molar-refractivity contribution is 6.02. The molecule has 0 aromatic carbocycles. The van der Waals surface area contributed by atoms with Crippen molar-refractivity contribution in [3.63, 3.8) is 0 Å². The fourth-order valence-electron chi connectivity index (χ4n) is 2.42. The summed E-state index contributed by atoms with van der Waals surface area (Å²) < 4.78 is 0. The van der Waals surface area contributed by atoms with Gasteiger partial charge in [-0.15, -0.1) is 0 Å². The highest BCUT2D eigenvalue weighted by Gasteiger charge is 2.20. The van der Waals surface area contributed by atoms with E-state index in [4.69, 9.17) is 0 Å². The fourth-order valence-corrected chi connectivity index (χ4v) is 2.42. The van der Waals surface area contributed by atoms with E-state index in [9.17, 15) is 4.79 Å². The van der Waals surface area contributed by atoms with Crippen LogP contribution in [-0.2, 0) is 4.79 Å². The van der Waals surface area contributed by atoms with Crippen LogP contribution in [0, 0.1) is 5.92 Å². The van der Waals surface area contributed by atoms with Gasteiger partial charge in [0.1, 0.15) is 0 Å². The van der Waals surface area contributed by atoms with Crippen LogP contribution in [0.3, 0.4) is 0 Å². The smallest absolute Gasteiger partial charge is 0.184 e. The van der Waals surface area contributed by atoms with Gasteiger partial charge in [0.25, 0.3) is 0 Å². The summed E-state index contributed by atoms with van der Waals surface area (Å²) >= 11 is 0. The number of carbonyl (C=O) groups excluding carboxylic acids is 1. The maximum absolute atomic E-state index is 12.7. The normalized spacial score (nSPS) is 21.2. The lowest BCUT2D eigenvalue weighted by Crippen LogP contribution is -2.38. The molecule has 1 atom stereocenters. The first-order valence-corrected chi connectivity index (χ1v) is 7.81. The predicted octanol–water partition coefficient (Wildman–Crippen LogP) is 3.78. The number of likely N-dealkylation sites (N-methyl/N-ethyl adjacent to an activating group) is 1. The zero-order valence-electron chi connectivity index (χ0n) is 14.0. The lowest BCUT2D eigenvalue weighted by molar-refractivity contribution is -0.118. The van der Waals surface area contributed by atoms with E-state index < -0.39 is 0 Å². The van der Waals surface area contributed by atoms with Crippen molar-refractivity contribution in [3.05, 3.63) is 35.5 Å². The summed E-state index contributed by atoms with van der Waals surface area (Å²) in [6, 6.07) is -0.180. The van der Waals surface area contributed by atoms with E-state index in [2.05, 4.69) is 37.1 Å². The molecule has 1 rings (SSSR count). The average molecular weight is 288 g/mol. The molecule has 0 aromatic rings. The number of nitrogens with zero attached hydrogens (tertiary/aromatic N) is 2. The Balaban J connectivity index is 2.91. The second kappa shape index (κ2) is 8.60. The van der Waals surface area contributed by atoms with Crippen LogP contribution in [0.4, 0.5) is 0 Å². The van der Waals surface area contributed by atoms with Gasteiger partial charge in [0, 0.05) is 19.2 Å². The van der Waals surface area contributed by atoms with Crippen LogP contribution in [0.25, 0.3) is 0 Å². The lowest BCUT2D eigenvalue weighted by atomic mass is 9.95. The van der Waals surface area contributed by atoms with E-state index in [0.29, 0.717) is 5.92 Å². The molecule has 3 heteroatoms. The first-order valence-electron chi connectivity index (χ1n) is 7.81. The van der Waals surface area contributed by atoms with Gasteiger partial charge in [-0.2, -0.15) is 0 Å². The summed E-state index contributed by atoms with van der Waals surface area (Å²) in [5, 5.41) is 0. The number of ketones is 1. The van der Waals surface area contributed by atoms with E-state index in [1.807, 2.05) is 24.8 Å². The topological polar surface area (TPSA) is 32.7 Å². The van der Waals surface area contributed by atoms with E-state index >= 15 is 0 Å². The van der Waals surface area contributed by atoms with Gasteiger partial charge in [0.2, 0.25) is 0 Å². The Morgan fingerprint density at radius 2 is 1.95 bits per heavy atom. The van der Waals surface area contributed by atoms with E-state index in [0.717, 1.165) is 25.0 Å². The Labute approximate surface area is 129 Å². The highest BCUT2D eigenvalue weighted by Crippen LogP contribution is 2.19. The Morgan fingerprint density at radius 3 is 2.52 bits per heavy atom. The molecule has 0 bridgehead atoms. The summed E-state index contributed by atoms with van der Waals surface area (Å²) in [5.41, 5.74) is 2.13. The molecule has 1 aliphatic rings. The van der Waals surface area contributed by atoms with Crippen molar-refractivity contribution < 1.29 is 4.79 Å². The monoisotopic (exact) mass is 288 g/mol. The second-order valence-electron chi connectivity index (χ2n) is 5.67. The van der Waals surface area contributed by atoms with Crippen molar-refractivity contribution in [1.29, 1.82) is 0 Å². The molecule has 0 heterocycles. The third-order valence-electron chi connectivity index (χ3n) is 3.82. The zero-order chi connectivity index (χ0) is 15.8. The molecule has 21 heavy (non-hydrogen) atoms. The maximum atomic E-state index is 12.7. The molecule has 0 aromatic heterocycles. The van der Waals surface area contributed by atoms with Crippen molar-refractivity contribution >= 4 is 12.1 Å². The minimum atomic E-state index is -0.180. The van der Waals surface area contributed by atoms with Crippen LogP contribution in [0.15, 0.2) is 40.4 Å². The van der Waals surface area contributed by atoms with Gasteiger partial charge in [0.15, 0.2) is 5.78 Å². The quantitative estimate of drug-likeness (QED) is 0.550. The van der Waals surface area contributed by atoms with E-state index in [1.165, 1.54) is 5.57 Å². The lowest BCUT2D eigenvalue weighted by Gasteiger charge is -2.25. The van der Waals surface area contributed by atoms with Crippen LogP contribution in [0.5, 0.6) is 0 Å². The number of rotatable bonds is 6. The summed E-state index contributed by atoms with van der Waals surface area (Å²) in [6.07, 6.45) is 12.0. The number of Topliss-reactive ketones (excluding diaryl/α,β-unsaturated/α-hetero) is 1. The highest BCUT2D eigenvalue weighted by atomic mass is 16.1. The largest absolute Gasteiger partial charge is 0.353 e. The van der Waals surface area contributed by atoms with Gasteiger partial charge in [-0.1, -0.05) is 38.2 Å². The van der Waals surface area contributed by atoms with Crippen LogP contribution < -0.4 is 0 Å². The molecule has 0 spiro atoms. The van der Waals surface area contributed by atoms with Crippen molar-refractivity contribution in [1.82, 2.24) is 4.90 Å². The molecule has 0 N–H and O–H groups in total. The number of allylic oxidation sites excluding steroid dienone is 5. The predicted molar refractivity (Wildman–Crippen MR) is 90.6 cm³/mol. The number of hydrogen-bond donors (Lipinski definition) is 0. The van der Waals surface area contributed by atoms with Crippen molar-refractivity contribution in [2.45, 2.75) is 46.6 Å². The Hall–Kier alpha value is -1.64. The average Bonchev–Trinajstić information content (AvgIpc) is 2.43. The number of aliphatic imine (C=N–C) groups is 1. The summed E-state index contributed by atoms with van der Waals surface area (Å²) in [7, 11) is 1.73. The molecule has 0 radical (unpaired) electrons. The molecule has 0 saturated carbocycles. The molecule has 0 saturated heterocycles. The van der Waals surface area contributed by atoms with Gasteiger partial charge in [0.05, 0.1) is 12.4 Å². The van der Waals surface area contributed by atoms with E-state index in [1.54, 1.807) is 13.4 Å². The first kappa shape index (κ1) is 17.4. The SMILES string of the molecule is CCN(/C=N\C)C(C)C(=O)C1=C/CCC=C(C(C)C)/C=C\1. The molecule has 116 valence electrons. The van der Waals surface area contributed by atoms with E-state index in [-0.39, 0.29) is 11.8 Å². The first-order chi connectivity index (χ1) is 10.0. The Bertz CT molecular complexity index is 470. The molecular weight excluding hydrogens is 260 g/mol. The van der Waals surface area contributed by atoms with Crippen LogP contribution in [0.2, 0.25) is 0 Å². The molecule has 1 unspecified atom stereocenters. The zero-order valence-corrected chi connectivity index (χ0v) is 14.0. The Morgan fingerprint density at radius 1 is 1.29 bits per heavy atom. The van der Waals surface area contributed by atoms with Crippen LogP contribution >= 0.6 is 0 Å². The van der Waals surface area contributed by atoms with Crippen LogP contribution in [-0.4, -0.2) is 36.7 Å². The van der Waals surface area contributed by atoms with Gasteiger partial charge in [-0.3, -0.25) is 9.79 Å². The third-order valence-corrected chi connectivity index (χ3v) is 3.82. The molecular formula is C18H28N2O. The Kier molecular flexibility index (Phi) is 7.13. The van der Waals surface area contributed by atoms with Crippen LogP contribution in [0.1, 0.15) is 40.5 Å². The molecule has 0 fully saturated rings. The minimum absolute atomic E-state index is 0.165. The minimum Gasteiger partial charge on any atom is -0.353 e.